The molecule has 0 spiro atoms. The maximum absolute atomic E-state index is 13.0. The smallest absolute Gasteiger partial charge is 0.248 e. The van der Waals surface area contributed by atoms with Crippen molar-refractivity contribution >= 4 is 11.6 Å². The van der Waals surface area contributed by atoms with Gasteiger partial charge < -0.3 is 4.90 Å². The molecule has 1 saturated heterocycles. The maximum Gasteiger partial charge on any atom is 0.248 e. The molecule has 5 nitrogen and oxygen atoms in total. The molecule has 3 rings (SSSR count). The van der Waals surface area contributed by atoms with Crippen LogP contribution >= 0.6 is 0 Å². The fourth-order valence-electron chi connectivity index (χ4n) is 3.12. The fraction of sp³-hybridized carbons (Fsp3) is 0.444. The van der Waals surface area contributed by atoms with E-state index in [-0.39, 0.29) is 11.7 Å². The van der Waals surface area contributed by atoms with Gasteiger partial charge in [0.1, 0.15) is 5.82 Å². The molecule has 1 aliphatic heterocycles. The van der Waals surface area contributed by atoms with Crippen LogP contribution < -0.4 is 4.90 Å². The van der Waals surface area contributed by atoms with Gasteiger partial charge in [0, 0.05) is 50.5 Å². The van der Waals surface area contributed by atoms with Crippen LogP contribution in [0.2, 0.25) is 0 Å². The van der Waals surface area contributed by atoms with E-state index in [0.717, 1.165) is 49.8 Å². The molecule has 128 valence electrons. The molecule has 2 heterocycles. The lowest BCUT2D eigenvalue weighted by molar-refractivity contribution is 0.0863. The zero-order valence-electron chi connectivity index (χ0n) is 14.2. The second-order valence-corrected chi connectivity index (χ2v) is 6.29. The molecule has 0 N–H and O–H groups in total. The normalized spacial score (nSPS) is 15.7. The highest BCUT2D eigenvalue weighted by Gasteiger charge is 2.19. The molecular weight excluding hydrogens is 307 g/mol. The monoisotopic (exact) mass is 330 g/mol. The lowest BCUT2D eigenvalue weighted by Crippen LogP contribution is -2.47. The van der Waals surface area contributed by atoms with Crippen LogP contribution in [0.5, 0.6) is 0 Å². The highest BCUT2D eigenvalue weighted by atomic mass is 19.1. The second-order valence-electron chi connectivity index (χ2n) is 6.29. The molecule has 6 heteroatoms. The van der Waals surface area contributed by atoms with Gasteiger partial charge in [0.15, 0.2) is 0 Å². The molecule has 0 radical (unpaired) electrons. The summed E-state index contributed by atoms with van der Waals surface area (Å²) in [5, 5.41) is 4.24. The molecule has 24 heavy (non-hydrogen) atoms. The average molecular weight is 330 g/mol. The largest absolute Gasteiger partial charge is 0.369 e. The lowest BCUT2D eigenvalue weighted by Gasteiger charge is -2.36. The number of benzene rings is 1. The van der Waals surface area contributed by atoms with Crippen LogP contribution in [0.15, 0.2) is 30.3 Å². The Morgan fingerprint density at radius 3 is 2.38 bits per heavy atom. The Balaban J connectivity index is 1.48. The van der Waals surface area contributed by atoms with Crippen molar-refractivity contribution in [3.8, 4) is 0 Å². The Kier molecular flexibility index (Phi) is 4.94. The maximum atomic E-state index is 13.0. The highest BCUT2D eigenvalue weighted by Crippen LogP contribution is 2.17. The first-order valence-electron chi connectivity index (χ1n) is 8.32. The lowest BCUT2D eigenvalue weighted by atomic mass is 10.2. The number of halogens is 1. The molecule has 0 amide bonds. The Morgan fingerprint density at radius 1 is 1.12 bits per heavy atom. The average Bonchev–Trinajstić information content (AvgIpc) is 2.92. The summed E-state index contributed by atoms with van der Waals surface area (Å²) in [6.07, 6.45) is 0.471. The van der Waals surface area contributed by atoms with Crippen LogP contribution in [0.25, 0.3) is 0 Å². The Labute approximate surface area is 141 Å². The third-order valence-electron chi connectivity index (χ3n) is 4.45. The van der Waals surface area contributed by atoms with Crippen LogP contribution in [-0.2, 0) is 0 Å². The molecular formula is C18H23FN4O. The van der Waals surface area contributed by atoms with E-state index in [1.54, 1.807) is 0 Å². The number of nitrogens with zero attached hydrogens (tertiary/aromatic N) is 4. The Bertz CT molecular complexity index is 702. The van der Waals surface area contributed by atoms with Gasteiger partial charge in [-0.2, -0.15) is 5.10 Å². The van der Waals surface area contributed by atoms with E-state index in [2.05, 4.69) is 14.9 Å². The topological polar surface area (TPSA) is 41.4 Å². The Hall–Kier alpha value is -2.21. The molecule has 1 fully saturated rings. The van der Waals surface area contributed by atoms with Gasteiger partial charge in [-0.05, 0) is 44.2 Å². The second kappa shape index (κ2) is 7.13. The number of carbonyl (C=O) groups is 1. The minimum absolute atomic E-state index is 0.0431. The SMILES string of the molecule is Cc1cc(C)n(C(=O)CCN2CCN(c3ccc(F)cc3)CC2)n1. The van der Waals surface area contributed by atoms with Crippen molar-refractivity contribution < 1.29 is 9.18 Å². The van der Waals surface area contributed by atoms with Gasteiger partial charge in [0.05, 0.1) is 5.69 Å². The molecule has 1 aliphatic rings. The molecule has 0 unspecified atom stereocenters. The van der Waals surface area contributed by atoms with Crippen LogP contribution in [-0.4, -0.2) is 53.3 Å². The molecule has 0 aliphatic carbocycles. The molecule has 1 aromatic carbocycles. The summed E-state index contributed by atoms with van der Waals surface area (Å²) < 4.78 is 14.5. The van der Waals surface area contributed by atoms with E-state index in [9.17, 15) is 9.18 Å². The van der Waals surface area contributed by atoms with Crippen molar-refractivity contribution in [3.05, 3.63) is 47.5 Å². The van der Waals surface area contributed by atoms with Crippen LogP contribution in [0.4, 0.5) is 10.1 Å². The molecule has 1 aromatic heterocycles. The third-order valence-corrected chi connectivity index (χ3v) is 4.45. The number of carbonyl (C=O) groups excluding carboxylic acids is 1. The zero-order valence-corrected chi connectivity index (χ0v) is 14.2. The van der Waals surface area contributed by atoms with Crippen molar-refractivity contribution in [1.29, 1.82) is 0 Å². The standard InChI is InChI=1S/C18H23FN4O/c1-14-13-15(2)23(20-14)18(24)7-8-21-9-11-22(12-10-21)17-5-3-16(19)4-6-17/h3-6,13H,7-12H2,1-2H3. The summed E-state index contributed by atoms with van der Waals surface area (Å²) in [6.45, 7) is 8.13. The van der Waals surface area contributed by atoms with E-state index >= 15 is 0 Å². The van der Waals surface area contributed by atoms with Gasteiger partial charge in [-0.1, -0.05) is 0 Å². The number of piperazine rings is 1. The number of aromatic nitrogens is 2. The van der Waals surface area contributed by atoms with Gasteiger partial charge in [-0.25, -0.2) is 9.07 Å². The van der Waals surface area contributed by atoms with Gasteiger partial charge >= 0.3 is 0 Å². The van der Waals surface area contributed by atoms with Gasteiger partial charge in [-0.3, -0.25) is 9.69 Å². The summed E-state index contributed by atoms with van der Waals surface area (Å²) in [7, 11) is 0. The van der Waals surface area contributed by atoms with E-state index in [1.165, 1.54) is 16.8 Å². The molecule has 2 aromatic rings. The third kappa shape index (κ3) is 3.82. The molecule has 0 saturated carbocycles. The first-order valence-corrected chi connectivity index (χ1v) is 8.32. The number of aryl methyl sites for hydroxylation is 2. The van der Waals surface area contributed by atoms with Crippen LogP contribution in [0.1, 0.15) is 22.6 Å². The molecule has 0 atom stereocenters. The predicted octanol–water partition coefficient (Wildman–Crippen LogP) is 2.49. The van der Waals surface area contributed by atoms with Crippen molar-refractivity contribution in [2.75, 3.05) is 37.6 Å². The van der Waals surface area contributed by atoms with E-state index in [1.807, 2.05) is 32.0 Å². The van der Waals surface area contributed by atoms with E-state index < -0.39 is 0 Å². The van der Waals surface area contributed by atoms with Crippen molar-refractivity contribution in [3.63, 3.8) is 0 Å². The van der Waals surface area contributed by atoms with Crippen molar-refractivity contribution in [2.24, 2.45) is 0 Å². The summed E-state index contributed by atoms with van der Waals surface area (Å²) in [5.41, 5.74) is 2.81. The first kappa shape index (κ1) is 16.6. The summed E-state index contributed by atoms with van der Waals surface area (Å²) in [6, 6.07) is 8.54. The van der Waals surface area contributed by atoms with Gasteiger partial charge in [0.25, 0.3) is 0 Å². The van der Waals surface area contributed by atoms with Gasteiger partial charge in [-0.15, -0.1) is 0 Å². The number of hydrogen-bond donors (Lipinski definition) is 0. The van der Waals surface area contributed by atoms with Crippen molar-refractivity contribution in [2.45, 2.75) is 20.3 Å². The van der Waals surface area contributed by atoms with Crippen LogP contribution in [0.3, 0.4) is 0 Å². The number of rotatable bonds is 4. The van der Waals surface area contributed by atoms with E-state index in [0.29, 0.717) is 6.42 Å². The minimum atomic E-state index is -0.208. The van der Waals surface area contributed by atoms with Gasteiger partial charge in [0.2, 0.25) is 5.91 Å². The number of hydrogen-bond acceptors (Lipinski definition) is 4. The summed E-state index contributed by atoms with van der Waals surface area (Å²) in [4.78, 5) is 16.8. The van der Waals surface area contributed by atoms with Crippen LogP contribution in [0, 0.1) is 19.7 Å². The van der Waals surface area contributed by atoms with Crippen molar-refractivity contribution in [1.82, 2.24) is 14.7 Å². The highest BCUT2D eigenvalue weighted by molar-refractivity contribution is 5.78. The predicted molar refractivity (Wildman–Crippen MR) is 92.0 cm³/mol. The summed E-state index contributed by atoms with van der Waals surface area (Å²) >= 11 is 0. The number of anilines is 1. The quantitative estimate of drug-likeness (QED) is 0.864. The van der Waals surface area contributed by atoms with E-state index in [4.69, 9.17) is 0 Å². The minimum Gasteiger partial charge on any atom is -0.369 e. The fourth-order valence-corrected chi connectivity index (χ4v) is 3.12. The zero-order chi connectivity index (χ0) is 17.1. The first-order chi connectivity index (χ1) is 11.5. The summed E-state index contributed by atoms with van der Waals surface area (Å²) in [5.74, 6) is -0.165. The Morgan fingerprint density at radius 2 is 1.79 bits per heavy atom. The molecule has 0 bridgehead atoms.